The van der Waals surface area contributed by atoms with Gasteiger partial charge in [0.25, 0.3) is 0 Å². The van der Waals surface area contributed by atoms with E-state index in [-0.39, 0.29) is 5.78 Å². The Morgan fingerprint density at radius 2 is 1.83 bits per heavy atom. The summed E-state index contributed by atoms with van der Waals surface area (Å²) in [7, 11) is 0. The van der Waals surface area contributed by atoms with Crippen molar-refractivity contribution in [3.05, 3.63) is 76.1 Å². The van der Waals surface area contributed by atoms with Gasteiger partial charge in [-0.25, -0.2) is 0 Å². The summed E-state index contributed by atoms with van der Waals surface area (Å²) in [4.78, 5) is 13.1. The van der Waals surface area contributed by atoms with Crippen molar-refractivity contribution in [2.45, 2.75) is 32.4 Å². The number of rotatable bonds is 5. The van der Waals surface area contributed by atoms with E-state index in [1.807, 2.05) is 32.9 Å². The van der Waals surface area contributed by atoms with Gasteiger partial charge in [0, 0.05) is 16.1 Å². The van der Waals surface area contributed by atoms with E-state index in [0.717, 1.165) is 0 Å². The molecule has 1 aromatic heterocycles. The van der Waals surface area contributed by atoms with E-state index in [9.17, 15) is 9.35 Å². The summed E-state index contributed by atoms with van der Waals surface area (Å²) < 4.78 is 21.3. The zero-order chi connectivity index (χ0) is 21.2. The average Bonchev–Trinajstić information content (AvgIpc) is 3.05. The van der Waals surface area contributed by atoms with Gasteiger partial charge in [-0.05, 0) is 57.5 Å². The van der Waals surface area contributed by atoms with Crippen LogP contribution in [0.1, 0.15) is 48.1 Å². The lowest BCUT2D eigenvalue weighted by atomic mass is 9.93. The van der Waals surface area contributed by atoms with Crippen LogP contribution < -0.4 is 0 Å². The molecule has 0 radical (unpaired) electrons. The van der Waals surface area contributed by atoms with Crippen LogP contribution in [-0.4, -0.2) is 26.5 Å². The van der Waals surface area contributed by atoms with Crippen molar-refractivity contribution in [1.29, 1.82) is 0 Å². The monoisotopic (exact) mass is 428 g/mol. The molecular weight excluding hydrogens is 408 g/mol. The van der Waals surface area contributed by atoms with E-state index in [0.29, 0.717) is 38.7 Å². The van der Waals surface area contributed by atoms with Crippen LogP contribution in [-0.2, 0) is 11.4 Å². The Kier molecular flexibility index (Phi) is 6.27. The minimum Gasteiger partial charge on any atom is -0.591 e. The molecule has 7 heteroatoms. The minimum atomic E-state index is -1.44. The first-order chi connectivity index (χ1) is 13.7. The number of carbonyl (C=O) groups is 1. The van der Waals surface area contributed by atoms with Gasteiger partial charge in [0.2, 0.25) is 0 Å². The predicted octanol–water partition coefficient (Wildman–Crippen LogP) is 5.42. The number of nitrogens with zero attached hydrogens (tertiary/aromatic N) is 2. The molecule has 0 aliphatic rings. The molecule has 1 unspecified atom stereocenters. The van der Waals surface area contributed by atoms with Crippen LogP contribution in [0.4, 0.5) is 0 Å². The van der Waals surface area contributed by atoms with E-state index in [1.54, 1.807) is 43.3 Å². The summed E-state index contributed by atoms with van der Waals surface area (Å²) in [5, 5.41) is 4.59. The molecule has 0 aliphatic heterocycles. The maximum Gasteiger partial charge on any atom is 0.193 e. The van der Waals surface area contributed by atoms with Crippen molar-refractivity contribution in [3.63, 3.8) is 0 Å². The van der Waals surface area contributed by atoms with Crippen LogP contribution in [0.2, 0.25) is 5.02 Å². The predicted molar refractivity (Wildman–Crippen MR) is 117 cm³/mol. The third kappa shape index (κ3) is 4.78. The van der Waals surface area contributed by atoms with Crippen molar-refractivity contribution in [2.75, 3.05) is 0 Å². The number of benzene rings is 2. The summed E-state index contributed by atoms with van der Waals surface area (Å²) in [6, 6.07) is 14.0. The summed E-state index contributed by atoms with van der Waals surface area (Å²) in [5.74, 6) is 0.218. The van der Waals surface area contributed by atoms with E-state index >= 15 is 0 Å². The van der Waals surface area contributed by atoms with Crippen LogP contribution in [0.15, 0.2) is 57.5 Å². The normalized spacial score (nSPS) is 13.0. The molecule has 5 nitrogen and oxygen atoms in total. The van der Waals surface area contributed by atoms with Gasteiger partial charge < -0.3 is 9.08 Å². The highest BCUT2D eigenvalue weighted by Crippen LogP contribution is 2.31. The molecule has 0 bridgehead atoms. The fraction of sp³-hybridized carbons (Fsp3) is 0.227. The standard InChI is InChI=1S/C22H21ClN2O3S/c1-14-20(19(28-25-14)13-24-29(27)22(2,3)4)17-7-5-6-8-18(17)21(26)15-9-11-16(23)12-10-15/h5-13H,1-4H3. The van der Waals surface area contributed by atoms with Crippen molar-refractivity contribution < 1.29 is 13.9 Å². The summed E-state index contributed by atoms with van der Waals surface area (Å²) >= 11 is 4.50. The highest BCUT2D eigenvalue weighted by Gasteiger charge is 2.27. The van der Waals surface area contributed by atoms with Gasteiger partial charge in [-0.2, -0.15) is 0 Å². The number of hydrogen-bond donors (Lipinski definition) is 0. The molecule has 0 saturated heterocycles. The fourth-order valence-corrected chi connectivity index (χ4v) is 3.35. The van der Waals surface area contributed by atoms with Gasteiger partial charge in [0.1, 0.15) is 22.3 Å². The van der Waals surface area contributed by atoms with Gasteiger partial charge in [0.05, 0.1) is 11.3 Å². The van der Waals surface area contributed by atoms with E-state index in [2.05, 4.69) is 9.55 Å². The van der Waals surface area contributed by atoms with Crippen LogP contribution in [0.5, 0.6) is 0 Å². The number of aromatic nitrogens is 1. The van der Waals surface area contributed by atoms with E-state index < -0.39 is 16.1 Å². The van der Waals surface area contributed by atoms with Crippen LogP contribution in [0, 0.1) is 6.92 Å². The molecule has 29 heavy (non-hydrogen) atoms. The van der Waals surface area contributed by atoms with Crippen LogP contribution >= 0.6 is 11.6 Å². The molecule has 2 aromatic carbocycles. The number of hydrogen-bond acceptors (Lipinski definition) is 5. The third-order valence-corrected chi connectivity index (χ3v) is 5.82. The first-order valence-corrected chi connectivity index (χ1v) is 10.5. The Balaban J connectivity index is 2.05. The van der Waals surface area contributed by atoms with E-state index in [1.165, 1.54) is 6.21 Å². The molecule has 0 saturated carbocycles. The zero-order valence-corrected chi connectivity index (χ0v) is 18.2. The van der Waals surface area contributed by atoms with Crippen molar-refractivity contribution in [3.8, 4) is 11.1 Å². The molecule has 3 aromatic rings. The fourth-order valence-electron chi connectivity index (χ4n) is 2.71. The number of halogens is 1. The maximum absolute atomic E-state index is 13.1. The Hall–Kier alpha value is -2.41. The SMILES string of the molecule is Cc1noc(C=N[S+]([O-])C(C)(C)C)c1-c1ccccc1C(=O)c1ccc(Cl)cc1. The topological polar surface area (TPSA) is 78.5 Å². The van der Waals surface area contributed by atoms with Crippen molar-refractivity contribution >= 4 is 35.0 Å². The Morgan fingerprint density at radius 1 is 1.17 bits per heavy atom. The number of aryl methyl sites for hydroxylation is 1. The first-order valence-electron chi connectivity index (χ1n) is 9.00. The second kappa shape index (κ2) is 8.53. The van der Waals surface area contributed by atoms with Gasteiger partial charge in [0.15, 0.2) is 11.5 Å². The average molecular weight is 429 g/mol. The lowest BCUT2D eigenvalue weighted by molar-refractivity contribution is 0.103. The third-order valence-electron chi connectivity index (χ3n) is 4.23. The highest BCUT2D eigenvalue weighted by molar-refractivity contribution is 7.91. The van der Waals surface area contributed by atoms with Gasteiger partial charge >= 0.3 is 0 Å². The van der Waals surface area contributed by atoms with Gasteiger partial charge in [-0.15, -0.1) is 0 Å². The number of carbonyl (C=O) groups excluding carboxylic acids is 1. The summed E-state index contributed by atoms with van der Waals surface area (Å²) in [5.41, 5.74) is 2.98. The molecule has 0 spiro atoms. The summed E-state index contributed by atoms with van der Waals surface area (Å²) in [6.07, 6.45) is 1.42. The first kappa shape index (κ1) is 21.3. The maximum atomic E-state index is 13.1. The molecule has 1 heterocycles. The Morgan fingerprint density at radius 3 is 2.48 bits per heavy atom. The second-order valence-electron chi connectivity index (χ2n) is 7.48. The zero-order valence-electron chi connectivity index (χ0n) is 16.6. The molecule has 0 N–H and O–H groups in total. The van der Waals surface area contributed by atoms with Crippen molar-refractivity contribution in [1.82, 2.24) is 5.16 Å². The second-order valence-corrected chi connectivity index (χ2v) is 9.86. The molecule has 0 fully saturated rings. The number of ketones is 1. The quantitative estimate of drug-likeness (QED) is 0.309. The van der Waals surface area contributed by atoms with Gasteiger partial charge in [-0.3, -0.25) is 4.79 Å². The molecule has 150 valence electrons. The van der Waals surface area contributed by atoms with Crippen LogP contribution in [0.3, 0.4) is 0 Å². The molecular formula is C22H21ClN2O3S. The largest absolute Gasteiger partial charge is 0.591 e. The van der Waals surface area contributed by atoms with Gasteiger partial charge in [-0.1, -0.05) is 45.4 Å². The summed E-state index contributed by atoms with van der Waals surface area (Å²) in [6.45, 7) is 7.31. The lowest BCUT2D eigenvalue weighted by Gasteiger charge is -2.17. The van der Waals surface area contributed by atoms with Crippen LogP contribution in [0.25, 0.3) is 11.1 Å². The molecule has 0 amide bonds. The smallest absolute Gasteiger partial charge is 0.193 e. The minimum absolute atomic E-state index is 0.140. The Bertz CT molecular complexity index is 1050. The molecule has 1 atom stereocenters. The van der Waals surface area contributed by atoms with E-state index in [4.69, 9.17) is 16.1 Å². The molecule has 0 aliphatic carbocycles. The molecule has 3 rings (SSSR count). The lowest BCUT2D eigenvalue weighted by Crippen LogP contribution is -2.25. The highest BCUT2D eigenvalue weighted by atomic mass is 35.5. The Labute approximate surface area is 178 Å². The van der Waals surface area contributed by atoms with Crippen molar-refractivity contribution in [2.24, 2.45) is 4.40 Å².